The molecule has 3 aliphatic rings. The van der Waals surface area contributed by atoms with E-state index in [4.69, 9.17) is 9.84 Å². The van der Waals surface area contributed by atoms with Gasteiger partial charge in [-0.05, 0) is 88.4 Å². The predicted molar refractivity (Wildman–Crippen MR) is 132 cm³/mol. The molecule has 0 aromatic carbocycles. The van der Waals surface area contributed by atoms with Gasteiger partial charge in [-0.2, -0.15) is 0 Å². The fourth-order valence-electron chi connectivity index (χ4n) is 7.15. The Kier molecular flexibility index (Phi) is 9.24. The van der Waals surface area contributed by atoms with E-state index in [1.807, 2.05) is 13.8 Å². The van der Waals surface area contributed by atoms with E-state index >= 15 is 0 Å². The van der Waals surface area contributed by atoms with Crippen molar-refractivity contribution in [1.82, 2.24) is 0 Å². The highest BCUT2D eigenvalue weighted by Crippen LogP contribution is 2.60. The molecule has 0 amide bonds. The van der Waals surface area contributed by atoms with Crippen LogP contribution < -0.4 is 0 Å². The maximum atomic E-state index is 10.4. The van der Waals surface area contributed by atoms with Gasteiger partial charge in [0.05, 0.1) is 31.0 Å². The van der Waals surface area contributed by atoms with Crippen LogP contribution in [0, 0.1) is 23.2 Å². The largest absolute Gasteiger partial charge is 0.394 e. The highest BCUT2D eigenvalue weighted by Gasteiger charge is 2.50. The van der Waals surface area contributed by atoms with Crippen molar-refractivity contribution < 1.29 is 25.2 Å². The molecule has 3 aliphatic carbocycles. The molecule has 0 radical (unpaired) electrons. The van der Waals surface area contributed by atoms with Crippen LogP contribution in [-0.2, 0) is 4.74 Å². The Morgan fingerprint density at radius 2 is 1.85 bits per heavy atom. The number of aliphatic hydroxyl groups is 4. The molecule has 6 atom stereocenters. The zero-order valence-corrected chi connectivity index (χ0v) is 21.3. The van der Waals surface area contributed by atoms with Gasteiger partial charge < -0.3 is 25.2 Å². The average Bonchev–Trinajstić information content (AvgIpc) is 3.08. The highest BCUT2D eigenvalue weighted by atomic mass is 16.5. The van der Waals surface area contributed by atoms with Crippen LogP contribution in [-0.4, -0.2) is 57.6 Å². The highest BCUT2D eigenvalue weighted by molar-refractivity contribution is 5.26. The van der Waals surface area contributed by atoms with Crippen molar-refractivity contribution in [2.45, 2.75) is 116 Å². The van der Waals surface area contributed by atoms with E-state index in [1.165, 1.54) is 32.1 Å². The molecule has 33 heavy (non-hydrogen) atoms. The molecule has 0 unspecified atom stereocenters. The third-order valence-corrected chi connectivity index (χ3v) is 8.81. The first kappa shape index (κ1) is 26.9. The van der Waals surface area contributed by atoms with E-state index in [2.05, 4.69) is 26.0 Å². The second kappa shape index (κ2) is 11.3. The Hall–Kier alpha value is -0.720. The molecule has 0 aromatic rings. The van der Waals surface area contributed by atoms with E-state index in [1.54, 1.807) is 5.57 Å². The maximum Gasteiger partial charge on any atom is 0.110 e. The van der Waals surface area contributed by atoms with Crippen molar-refractivity contribution in [1.29, 1.82) is 0 Å². The van der Waals surface area contributed by atoms with Crippen LogP contribution in [0.3, 0.4) is 0 Å². The van der Waals surface area contributed by atoms with Crippen molar-refractivity contribution in [3.63, 3.8) is 0 Å². The molecular weight excluding hydrogens is 416 g/mol. The smallest absolute Gasteiger partial charge is 0.110 e. The molecule has 0 heterocycles. The molecule has 5 heteroatoms. The van der Waals surface area contributed by atoms with E-state index in [0.717, 1.165) is 30.8 Å². The Morgan fingerprint density at radius 3 is 2.48 bits per heavy atom. The number of ether oxygens (including phenoxy) is 1. The summed E-state index contributed by atoms with van der Waals surface area (Å²) in [5.41, 5.74) is 2.41. The summed E-state index contributed by atoms with van der Waals surface area (Å²) in [6.45, 7) is 8.78. The van der Waals surface area contributed by atoms with Crippen LogP contribution in [0.25, 0.3) is 0 Å². The Balaban J connectivity index is 1.64. The summed E-state index contributed by atoms with van der Waals surface area (Å²) < 4.78 is 5.44. The lowest BCUT2D eigenvalue weighted by atomic mass is 9.60. The summed E-state index contributed by atoms with van der Waals surface area (Å²) in [6, 6.07) is 0. The normalized spacial score (nSPS) is 37.3. The van der Waals surface area contributed by atoms with Gasteiger partial charge in [0.1, 0.15) is 6.10 Å². The summed E-state index contributed by atoms with van der Waals surface area (Å²) in [7, 11) is 0. The van der Waals surface area contributed by atoms with Crippen LogP contribution in [0.2, 0.25) is 0 Å². The number of fused-ring (bicyclic) bond motifs is 1. The number of aliphatic hydroxyl groups excluding tert-OH is 3. The molecule has 3 saturated carbocycles. The molecule has 0 aromatic heterocycles. The lowest BCUT2D eigenvalue weighted by Crippen LogP contribution is -2.44. The Labute approximate surface area is 200 Å². The summed E-state index contributed by atoms with van der Waals surface area (Å²) in [5.74, 6) is 2.05. The van der Waals surface area contributed by atoms with Gasteiger partial charge >= 0.3 is 0 Å². The summed E-state index contributed by atoms with van der Waals surface area (Å²) >= 11 is 0. The molecule has 3 rings (SSSR count). The van der Waals surface area contributed by atoms with Crippen molar-refractivity contribution >= 4 is 0 Å². The topological polar surface area (TPSA) is 90.2 Å². The standard InChI is InChI=1S/C28H48O5/c1-19(7-5-13-27(2,3)32)22-11-12-23-21(8-6-14-28(22,23)4)10-9-20-17-24(30)26(25(31)18-20)33-16-15-29/h9-10,19,22-26,29-32H,5-8,11-18H2,1-4H3/b20-9?,21-10-/t19-,22+,23-,24+,25+,26?,28+/m0/s1. The molecule has 5 nitrogen and oxygen atoms in total. The van der Waals surface area contributed by atoms with Gasteiger partial charge in [0.25, 0.3) is 0 Å². The number of allylic oxidation sites excluding steroid dienone is 3. The SMILES string of the molecule is C[C@@H](CCCC(C)(C)O)[C@H]1CC[C@H]2/C(=C\C=C3C[C@@H](O)C(OCCO)[C@H](O)C3)CCC[C@]12C. The summed E-state index contributed by atoms with van der Waals surface area (Å²) in [4.78, 5) is 0. The second-order valence-corrected chi connectivity index (χ2v) is 11.9. The lowest BCUT2D eigenvalue weighted by molar-refractivity contribution is -0.115. The second-order valence-electron chi connectivity index (χ2n) is 11.9. The van der Waals surface area contributed by atoms with Crippen LogP contribution in [0.5, 0.6) is 0 Å². The maximum absolute atomic E-state index is 10.4. The first-order valence-electron chi connectivity index (χ1n) is 13.2. The van der Waals surface area contributed by atoms with Crippen molar-refractivity contribution in [3.05, 3.63) is 23.3 Å². The first-order chi connectivity index (χ1) is 15.5. The molecule has 4 N–H and O–H groups in total. The van der Waals surface area contributed by atoms with Crippen molar-refractivity contribution in [2.24, 2.45) is 23.2 Å². The zero-order valence-electron chi connectivity index (χ0n) is 21.3. The van der Waals surface area contributed by atoms with E-state index in [9.17, 15) is 15.3 Å². The Morgan fingerprint density at radius 1 is 1.15 bits per heavy atom. The third-order valence-electron chi connectivity index (χ3n) is 8.81. The number of rotatable bonds is 9. The molecule has 0 spiro atoms. The van der Waals surface area contributed by atoms with Crippen LogP contribution in [0.1, 0.15) is 91.9 Å². The van der Waals surface area contributed by atoms with E-state index < -0.39 is 23.9 Å². The number of hydrogen-bond acceptors (Lipinski definition) is 5. The van der Waals surface area contributed by atoms with E-state index in [0.29, 0.717) is 30.1 Å². The molecule has 0 aliphatic heterocycles. The number of hydrogen-bond donors (Lipinski definition) is 4. The van der Waals surface area contributed by atoms with Gasteiger partial charge in [-0.3, -0.25) is 0 Å². The monoisotopic (exact) mass is 464 g/mol. The van der Waals surface area contributed by atoms with Crippen LogP contribution >= 0.6 is 0 Å². The van der Waals surface area contributed by atoms with Gasteiger partial charge in [-0.1, -0.05) is 50.0 Å². The van der Waals surface area contributed by atoms with Gasteiger partial charge in [-0.25, -0.2) is 0 Å². The minimum Gasteiger partial charge on any atom is -0.394 e. The van der Waals surface area contributed by atoms with Gasteiger partial charge in [-0.15, -0.1) is 0 Å². The lowest BCUT2D eigenvalue weighted by Gasteiger charge is -2.44. The fourth-order valence-corrected chi connectivity index (χ4v) is 7.15. The van der Waals surface area contributed by atoms with Crippen LogP contribution in [0.4, 0.5) is 0 Å². The van der Waals surface area contributed by atoms with E-state index in [-0.39, 0.29) is 13.2 Å². The van der Waals surface area contributed by atoms with Gasteiger partial charge in [0.2, 0.25) is 0 Å². The average molecular weight is 465 g/mol. The molecular formula is C28H48O5. The van der Waals surface area contributed by atoms with Crippen LogP contribution in [0.15, 0.2) is 23.3 Å². The fraction of sp³-hybridized carbons (Fsp3) is 0.857. The predicted octanol–water partition coefficient (Wildman–Crippen LogP) is 4.53. The molecule has 3 fully saturated rings. The Bertz CT molecular complexity index is 679. The quantitative estimate of drug-likeness (QED) is 0.403. The summed E-state index contributed by atoms with van der Waals surface area (Å²) in [6.07, 6.45) is 12.8. The first-order valence-corrected chi connectivity index (χ1v) is 13.2. The van der Waals surface area contributed by atoms with Gasteiger partial charge in [0, 0.05) is 0 Å². The summed E-state index contributed by atoms with van der Waals surface area (Å²) in [5, 5.41) is 39.9. The third kappa shape index (κ3) is 6.70. The molecule has 190 valence electrons. The minimum atomic E-state index is -0.734. The minimum absolute atomic E-state index is 0.107. The molecule has 0 saturated heterocycles. The molecule has 0 bridgehead atoms. The zero-order chi connectivity index (χ0) is 24.2. The van der Waals surface area contributed by atoms with Crippen molar-refractivity contribution in [3.8, 4) is 0 Å². The van der Waals surface area contributed by atoms with Crippen molar-refractivity contribution in [2.75, 3.05) is 13.2 Å². The van der Waals surface area contributed by atoms with Gasteiger partial charge in [0.15, 0.2) is 0 Å².